The van der Waals surface area contributed by atoms with E-state index in [-0.39, 0.29) is 25.1 Å². The number of nitriles is 1. The van der Waals surface area contributed by atoms with Crippen molar-refractivity contribution >= 4 is 11.6 Å². The Kier molecular flexibility index (Phi) is 6.71. The van der Waals surface area contributed by atoms with E-state index < -0.39 is 0 Å². The van der Waals surface area contributed by atoms with E-state index in [1.165, 1.54) is 0 Å². The van der Waals surface area contributed by atoms with Gasteiger partial charge in [-0.15, -0.1) is 0 Å². The molecule has 0 radical (unpaired) electrons. The Bertz CT molecular complexity index is 463. The highest BCUT2D eigenvalue weighted by atomic mass is 16.3. The zero-order valence-electron chi connectivity index (χ0n) is 12.0. The van der Waals surface area contributed by atoms with Crippen LogP contribution in [0.3, 0.4) is 0 Å². The maximum absolute atomic E-state index is 11.9. The van der Waals surface area contributed by atoms with Gasteiger partial charge in [-0.05, 0) is 31.5 Å². The summed E-state index contributed by atoms with van der Waals surface area (Å²) in [4.78, 5) is 13.8. The van der Waals surface area contributed by atoms with Gasteiger partial charge in [-0.2, -0.15) is 5.26 Å². The van der Waals surface area contributed by atoms with Crippen molar-refractivity contribution in [2.24, 2.45) is 0 Å². The van der Waals surface area contributed by atoms with Crippen LogP contribution in [0.2, 0.25) is 0 Å². The second-order valence-electron chi connectivity index (χ2n) is 4.87. The van der Waals surface area contributed by atoms with Gasteiger partial charge in [0.1, 0.15) is 0 Å². The normalized spacial score (nSPS) is 10.6. The van der Waals surface area contributed by atoms with Gasteiger partial charge in [0, 0.05) is 18.3 Å². The van der Waals surface area contributed by atoms with Crippen LogP contribution in [0.4, 0.5) is 5.69 Å². The van der Waals surface area contributed by atoms with Gasteiger partial charge in [-0.25, -0.2) is 0 Å². The summed E-state index contributed by atoms with van der Waals surface area (Å²) in [6.45, 7) is 4.73. The minimum Gasteiger partial charge on any atom is -0.395 e. The van der Waals surface area contributed by atoms with E-state index >= 15 is 0 Å². The van der Waals surface area contributed by atoms with E-state index in [1.807, 2.05) is 30.9 Å². The third-order valence-corrected chi connectivity index (χ3v) is 2.99. The van der Waals surface area contributed by atoms with Crippen molar-refractivity contribution in [3.63, 3.8) is 0 Å². The van der Waals surface area contributed by atoms with Crippen molar-refractivity contribution in [3.05, 3.63) is 29.8 Å². The van der Waals surface area contributed by atoms with Gasteiger partial charge >= 0.3 is 0 Å². The van der Waals surface area contributed by atoms with Crippen LogP contribution < -0.4 is 5.32 Å². The lowest BCUT2D eigenvalue weighted by Gasteiger charge is -2.24. The van der Waals surface area contributed by atoms with Crippen LogP contribution >= 0.6 is 0 Å². The van der Waals surface area contributed by atoms with Crippen LogP contribution in [0.1, 0.15) is 19.4 Å². The lowest BCUT2D eigenvalue weighted by Crippen LogP contribution is -2.39. The van der Waals surface area contributed by atoms with E-state index in [0.717, 1.165) is 5.56 Å². The van der Waals surface area contributed by atoms with Crippen LogP contribution in [0.5, 0.6) is 0 Å². The number of carbonyl (C=O) groups excluding carboxylic acids is 1. The molecule has 2 N–H and O–H groups in total. The Morgan fingerprint density at radius 2 is 2.05 bits per heavy atom. The average Bonchev–Trinajstić information content (AvgIpc) is 2.40. The number of carbonyl (C=O) groups is 1. The van der Waals surface area contributed by atoms with Gasteiger partial charge in [0.15, 0.2) is 0 Å². The van der Waals surface area contributed by atoms with Crippen LogP contribution in [0, 0.1) is 11.3 Å². The van der Waals surface area contributed by atoms with Crippen molar-refractivity contribution < 1.29 is 9.90 Å². The lowest BCUT2D eigenvalue weighted by atomic mass is 10.1. The highest BCUT2D eigenvalue weighted by Gasteiger charge is 2.13. The molecule has 0 saturated carbocycles. The maximum Gasteiger partial charge on any atom is 0.238 e. The molecule has 0 spiro atoms. The summed E-state index contributed by atoms with van der Waals surface area (Å²) in [6, 6.07) is 9.51. The van der Waals surface area contributed by atoms with Crippen molar-refractivity contribution in [1.82, 2.24) is 4.90 Å². The Balaban J connectivity index is 2.55. The first kappa shape index (κ1) is 16.2. The topological polar surface area (TPSA) is 76.4 Å². The molecule has 5 nitrogen and oxygen atoms in total. The van der Waals surface area contributed by atoms with E-state index in [9.17, 15) is 4.79 Å². The van der Waals surface area contributed by atoms with Crippen LogP contribution in [0.15, 0.2) is 24.3 Å². The molecule has 20 heavy (non-hydrogen) atoms. The molecule has 0 aromatic heterocycles. The third kappa shape index (κ3) is 5.39. The van der Waals surface area contributed by atoms with Gasteiger partial charge in [-0.1, -0.05) is 12.1 Å². The smallest absolute Gasteiger partial charge is 0.238 e. The number of aliphatic hydroxyl groups is 1. The number of hydrogen-bond donors (Lipinski definition) is 2. The molecule has 1 amide bonds. The zero-order valence-corrected chi connectivity index (χ0v) is 12.0. The number of benzene rings is 1. The summed E-state index contributed by atoms with van der Waals surface area (Å²) in [5.74, 6) is -0.111. The molecule has 0 saturated heterocycles. The van der Waals surface area contributed by atoms with Gasteiger partial charge < -0.3 is 10.4 Å². The molecule has 5 heteroatoms. The van der Waals surface area contributed by atoms with E-state index in [1.54, 1.807) is 12.1 Å². The fraction of sp³-hybridized carbons (Fsp3) is 0.467. The summed E-state index contributed by atoms with van der Waals surface area (Å²) in [6.07, 6.45) is 0.367. The van der Waals surface area contributed by atoms with Crippen molar-refractivity contribution in [2.45, 2.75) is 26.3 Å². The molecule has 0 atom stereocenters. The fourth-order valence-electron chi connectivity index (χ4n) is 1.83. The first-order valence-electron chi connectivity index (χ1n) is 6.67. The number of aliphatic hydroxyl groups excluding tert-OH is 1. The van der Waals surface area contributed by atoms with Crippen molar-refractivity contribution in [1.29, 1.82) is 5.26 Å². The number of amides is 1. The number of nitrogens with one attached hydrogen (secondary N) is 1. The SMILES string of the molecule is CC(C)N(CCO)CC(=O)Nc1ccc(CC#N)cc1. The van der Waals surface area contributed by atoms with E-state index in [2.05, 4.69) is 11.4 Å². The highest BCUT2D eigenvalue weighted by Crippen LogP contribution is 2.10. The maximum atomic E-state index is 11.9. The first-order chi connectivity index (χ1) is 9.56. The molecular weight excluding hydrogens is 254 g/mol. The number of anilines is 1. The molecule has 0 unspecified atom stereocenters. The average molecular weight is 275 g/mol. The van der Waals surface area contributed by atoms with Crippen molar-refractivity contribution in [2.75, 3.05) is 25.0 Å². The Hall–Kier alpha value is -1.90. The summed E-state index contributed by atoms with van der Waals surface area (Å²) in [5.41, 5.74) is 1.64. The fourth-order valence-corrected chi connectivity index (χ4v) is 1.83. The van der Waals surface area contributed by atoms with Gasteiger partial charge in [-0.3, -0.25) is 9.69 Å². The minimum absolute atomic E-state index is 0.0360. The molecular formula is C15H21N3O2. The number of rotatable bonds is 7. The van der Waals surface area contributed by atoms with Crippen LogP contribution in [-0.4, -0.2) is 41.7 Å². The molecule has 108 valence electrons. The molecule has 1 rings (SSSR count). The second kappa shape index (κ2) is 8.31. The summed E-state index contributed by atoms with van der Waals surface area (Å²) < 4.78 is 0. The zero-order chi connectivity index (χ0) is 15.0. The molecule has 0 aliphatic heterocycles. The summed E-state index contributed by atoms with van der Waals surface area (Å²) >= 11 is 0. The third-order valence-electron chi connectivity index (χ3n) is 2.99. The van der Waals surface area contributed by atoms with Crippen LogP contribution in [0.25, 0.3) is 0 Å². The lowest BCUT2D eigenvalue weighted by molar-refractivity contribution is -0.117. The molecule has 0 heterocycles. The van der Waals surface area contributed by atoms with Gasteiger partial charge in [0.25, 0.3) is 0 Å². The van der Waals surface area contributed by atoms with E-state index in [0.29, 0.717) is 18.7 Å². The quantitative estimate of drug-likeness (QED) is 0.788. The summed E-state index contributed by atoms with van der Waals surface area (Å²) in [7, 11) is 0. The summed E-state index contributed by atoms with van der Waals surface area (Å²) in [5, 5.41) is 20.4. The largest absolute Gasteiger partial charge is 0.395 e. The van der Waals surface area contributed by atoms with Gasteiger partial charge in [0.05, 0.1) is 25.6 Å². The molecule has 1 aromatic rings. The Labute approximate surface area is 119 Å². The van der Waals surface area contributed by atoms with E-state index in [4.69, 9.17) is 10.4 Å². The Morgan fingerprint density at radius 3 is 2.55 bits per heavy atom. The highest BCUT2D eigenvalue weighted by molar-refractivity contribution is 5.92. The van der Waals surface area contributed by atoms with Crippen LogP contribution in [-0.2, 0) is 11.2 Å². The molecule has 1 aromatic carbocycles. The second-order valence-corrected chi connectivity index (χ2v) is 4.87. The predicted molar refractivity (Wildman–Crippen MR) is 78.2 cm³/mol. The number of nitrogens with zero attached hydrogens (tertiary/aromatic N) is 2. The minimum atomic E-state index is -0.111. The molecule has 0 aliphatic rings. The standard InChI is InChI=1S/C15H21N3O2/c1-12(2)18(9-10-19)11-15(20)17-14-5-3-13(4-6-14)7-8-16/h3-6,12,19H,7,9-11H2,1-2H3,(H,17,20). The Morgan fingerprint density at radius 1 is 1.40 bits per heavy atom. The molecule has 0 bridgehead atoms. The number of hydrogen-bond acceptors (Lipinski definition) is 4. The van der Waals surface area contributed by atoms with Crippen molar-refractivity contribution in [3.8, 4) is 6.07 Å². The molecule has 0 fully saturated rings. The first-order valence-corrected chi connectivity index (χ1v) is 6.67. The molecule has 0 aliphatic carbocycles. The predicted octanol–water partition coefficient (Wildman–Crippen LogP) is 1.39. The monoisotopic (exact) mass is 275 g/mol. The van der Waals surface area contributed by atoms with Gasteiger partial charge in [0.2, 0.25) is 5.91 Å².